The molecule has 0 aromatic carbocycles. The monoisotopic (exact) mass is 308 g/mol. The van der Waals surface area contributed by atoms with Crippen LogP contribution in [0.25, 0.3) is 0 Å². The van der Waals surface area contributed by atoms with Gasteiger partial charge in [-0.1, -0.05) is 6.92 Å². The molecular weight excluding hydrogens is 284 g/mol. The van der Waals surface area contributed by atoms with Gasteiger partial charge >= 0.3 is 0 Å². The van der Waals surface area contributed by atoms with Crippen molar-refractivity contribution in [3.05, 3.63) is 0 Å². The number of morpholine rings is 1. The number of hydrogen-bond donors (Lipinski definition) is 1. The second kappa shape index (κ2) is 8.56. The molecule has 1 heterocycles. The molecule has 0 aliphatic carbocycles. The number of aliphatic hydroxyl groups excluding tert-OH is 1. The molecule has 1 fully saturated rings. The molecule has 0 saturated carbocycles. The molecule has 1 saturated heterocycles. The van der Waals surface area contributed by atoms with Crippen molar-refractivity contribution in [2.75, 3.05) is 51.8 Å². The summed E-state index contributed by atoms with van der Waals surface area (Å²) in [6.07, 6.45) is 0.738. The molecule has 1 aliphatic rings. The van der Waals surface area contributed by atoms with Gasteiger partial charge in [0.15, 0.2) is 0 Å². The van der Waals surface area contributed by atoms with Crippen LogP contribution in [-0.4, -0.2) is 80.4 Å². The number of carbonyl (C=O) groups excluding carboxylic acids is 1. The van der Waals surface area contributed by atoms with Crippen molar-refractivity contribution in [1.29, 1.82) is 0 Å². The summed E-state index contributed by atoms with van der Waals surface area (Å²) < 4.78 is 30.6. The van der Waals surface area contributed by atoms with Crippen LogP contribution >= 0.6 is 0 Å². The maximum atomic E-state index is 12.1. The van der Waals surface area contributed by atoms with Crippen LogP contribution < -0.4 is 0 Å². The number of carbonyl (C=O) groups is 1. The van der Waals surface area contributed by atoms with Gasteiger partial charge in [0.05, 0.1) is 25.6 Å². The second-order valence-corrected chi connectivity index (χ2v) is 6.77. The number of nitrogens with zero attached hydrogens (tertiary/aromatic N) is 2. The Hall–Kier alpha value is -0.700. The van der Waals surface area contributed by atoms with Crippen LogP contribution in [0.2, 0.25) is 0 Å². The van der Waals surface area contributed by atoms with Crippen molar-refractivity contribution in [1.82, 2.24) is 9.21 Å². The summed E-state index contributed by atoms with van der Waals surface area (Å²) in [5, 5.41) is 8.91. The predicted molar refractivity (Wildman–Crippen MR) is 74.8 cm³/mol. The molecule has 0 atom stereocenters. The standard InChI is InChI=1S/C12H24N2O5S/c1-2-4-13(5-8-15)12(16)3-11-20(17,18)14-6-9-19-10-7-14/h15H,2-11H2,1H3. The highest BCUT2D eigenvalue weighted by molar-refractivity contribution is 7.89. The lowest BCUT2D eigenvalue weighted by Gasteiger charge is -2.26. The summed E-state index contributed by atoms with van der Waals surface area (Å²) in [7, 11) is -3.40. The SMILES string of the molecule is CCCN(CCO)C(=O)CCS(=O)(=O)N1CCOCC1. The van der Waals surface area contributed by atoms with Crippen LogP contribution in [0.3, 0.4) is 0 Å². The quantitative estimate of drug-likeness (QED) is 0.639. The Morgan fingerprint density at radius 2 is 1.95 bits per heavy atom. The highest BCUT2D eigenvalue weighted by Gasteiger charge is 2.25. The fourth-order valence-corrected chi connectivity index (χ4v) is 3.48. The molecule has 20 heavy (non-hydrogen) atoms. The van der Waals surface area contributed by atoms with Crippen LogP contribution in [0.1, 0.15) is 19.8 Å². The zero-order chi connectivity index (χ0) is 15.0. The minimum absolute atomic E-state index is 0.0420. The van der Waals surface area contributed by atoms with Crippen molar-refractivity contribution in [2.24, 2.45) is 0 Å². The highest BCUT2D eigenvalue weighted by Crippen LogP contribution is 2.08. The van der Waals surface area contributed by atoms with Crippen LogP contribution in [0.15, 0.2) is 0 Å². The van der Waals surface area contributed by atoms with E-state index in [0.717, 1.165) is 6.42 Å². The average molecular weight is 308 g/mol. The van der Waals surface area contributed by atoms with Gasteiger partial charge in [-0.05, 0) is 6.42 Å². The Kier molecular flexibility index (Phi) is 7.42. The Bertz CT molecular complexity index is 387. The number of sulfonamides is 1. The summed E-state index contributed by atoms with van der Waals surface area (Å²) in [6.45, 7) is 4.13. The Balaban J connectivity index is 2.49. The van der Waals surface area contributed by atoms with Gasteiger partial charge in [-0.3, -0.25) is 4.79 Å². The molecular formula is C12H24N2O5S. The first-order valence-electron chi connectivity index (χ1n) is 6.95. The first kappa shape index (κ1) is 17.4. The molecule has 118 valence electrons. The van der Waals surface area contributed by atoms with Crippen molar-refractivity contribution in [2.45, 2.75) is 19.8 Å². The number of ether oxygens (including phenoxy) is 1. The van der Waals surface area contributed by atoms with Gasteiger partial charge in [-0.25, -0.2) is 8.42 Å². The van der Waals surface area contributed by atoms with Gasteiger partial charge in [0.2, 0.25) is 15.9 Å². The summed E-state index contributed by atoms with van der Waals surface area (Å²) in [5.74, 6) is -0.407. The van der Waals surface area contributed by atoms with Gasteiger partial charge in [0.1, 0.15) is 0 Å². The minimum Gasteiger partial charge on any atom is -0.395 e. The second-order valence-electron chi connectivity index (χ2n) is 4.68. The summed E-state index contributed by atoms with van der Waals surface area (Å²) in [4.78, 5) is 13.5. The van der Waals surface area contributed by atoms with Gasteiger partial charge in [-0.2, -0.15) is 4.31 Å². The van der Waals surface area contributed by atoms with E-state index in [-0.39, 0.29) is 31.2 Å². The Morgan fingerprint density at radius 3 is 2.50 bits per heavy atom. The molecule has 0 aromatic heterocycles. The van der Waals surface area contributed by atoms with E-state index in [2.05, 4.69) is 0 Å². The zero-order valence-corrected chi connectivity index (χ0v) is 12.8. The third kappa shape index (κ3) is 5.35. The highest BCUT2D eigenvalue weighted by atomic mass is 32.2. The van der Waals surface area contributed by atoms with E-state index in [1.807, 2.05) is 6.92 Å². The Labute approximate surface area is 120 Å². The predicted octanol–water partition coefficient (Wildman–Crippen LogP) is -0.731. The molecule has 7 nitrogen and oxygen atoms in total. The largest absolute Gasteiger partial charge is 0.395 e. The average Bonchev–Trinajstić information content (AvgIpc) is 2.45. The van der Waals surface area contributed by atoms with Gasteiger partial charge in [0.25, 0.3) is 0 Å². The van der Waals surface area contributed by atoms with Crippen molar-refractivity contribution in [3.8, 4) is 0 Å². The normalized spacial score (nSPS) is 17.1. The van der Waals surface area contributed by atoms with Crippen molar-refractivity contribution < 1.29 is 23.1 Å². The lowest BCUT2D eigenvalue weighted by Crippen LogP contribution is -2.43. The van der Waals surface area contributed by atoms with Crippen LogP contribution in [0.4, 0.5) is 0 Å². The van der Waals surface area contributed by atoms with Gasteiger partial charge in [0, 0.05) is 32.6 Å². The van der Waals surface area contributed by atoms with Crippen molar-refractivity contribution in [3.63, 3.8) is 0 Å². The Morgan fingerprint density at radius 1 is 1.30 bits per heavy atom. The number of rotatable bonds is 8. The topological polar surface area (TPSA) is 87.2 Å². The lowest BCUT2D eigenvalue weighted by molar-refractivity contribution is -0.131. The fourth-order valence-electron chi connectivity index (χ4n) is 2.08. The van der Waals surface area contributed by atoms with E-state index in [1.165, 1.54) is 9.21 Å². The van der Waals surface area contributed by atoms with E-state index < -0.39 is 10.0 Å². The lowest BCUT2D eigenvalue weighted by atomic mass is 10.3. The fraction of sp³-hybridized carbons (Fsp3) is 0.917. The van der Waals surface area contributed by atoms with E-state index in [9.17, 15) is 13.2 Å². The van der Waals surface area contributed by atoms with Gasteiger partial charge in [-0.15, -0.1) is 0 Å². The molecule has 1 amide bonds. The number of hydrogen-bond acceptors (Lipinski definition) is 5. The maximum absolute atomic E-state index is 12.1. The molecule has 0 aromatic rings. The molecule has 1 rings (SSSR count). The smallest absolute Gasteiger partial charge is 0.223 e. The molecule has 0 unspecified atom stereocenters. The van der Waals surface area contributed by atoms with E-state index in [4.69, 9.17) is 9.84 Å². The minimum atomic E-state index is -3.40. The van der Waals surface area contributed by atoms with Gasteiger partial charge < -0.3 is 14.7 Å². The maximum Gasteiger partial charge on any atom is 0.223 e. The zero-order valence-electron chi connectivity index (χ0n) is 12.0. The van der Waals surface area contributed by atoms with Crippen LogP contribution in [0.5, 0.6) is 0 Å². The van der Waals surface area contributed by atoms with E-state index in [0.29, 0.717) is 32.8 Å². The summed E-state index contributed by atoms with van der Waals surface area (Å²) >= 11 is 0. The van der Waals surface area contributed by atoms with E-state index >= 15 is 0 Å². The first-order chi connectivity index (χ1) is 9.51. The molecule has 0 spiro atoms. The third-order valence-electron chi connectivity index (χ3n) is 3.15. The van der Waals surface area contributed by atoms with Crippen LogP contribution in [0, 0.1) is 0 Å². The molecule has 8 heteroatoms. The molecule has 1 N–H and O–H groups in total. The third-order valence-corrected chi connectivity index (χ3v) is 5.03. The summed E-state index contributed by atoms with van der Waals surface area (Å²) in [5.41, 5.74) is 0. The molecule has 1 aliphatic heterocycles. The number of aliphatic hydroxyl groups is 1. The van der Waals surface area contributed by atoms with Crippen molar-refractivity contribution >= 4 is 15.9 Å². The first-order valence-corrected chi connectivity index (χ1v) is 8.56. The molecule has 0 bridgehead atoms. The van der Waals surface area contributed by atoms with E-state index in [1.54, 1.807) is 0 Å². The molecule has 0 radical (unpaired) electrons. The summed E-state index contributed by atoms with van der Waals surface area (Å²) in [6, 6.07) is 0. The number of amides is 1. The van der Waals surface area contributed by atoms with Crippen LogP contribution in [-0.2, 0) is 19.6 Å².